The van der Waals surface area contributed by atoms with E-state index in [0.717, 1.165) is 42.5 Å². The third-order valence-electron chi connectivity index (χ3n) is 3.86. The highest BCUT2D eigenvalue weighted by atomic mass is 32.1. The van der Waals surface area contributed by atoms with Crippen LogP contribution in [-0.2, 0) is 17.6 Å². The van der Waals surface area contributed by atoms with E-state index in [1.165, 1.54) is 0 Å². The number of anilines is 1. The topological polar surface area (TPSA) is 73.1 Å². The minimum Gasteiger partial charge on any atom is -0.389 e. The Labute approximate surface area is 125 Å². The van der Waals surface area contributed by atoms with Crippen LogP contribution in [0.1, 0.15) is 43.5 Å². The standard InChI is InChI=1S/C14H22N4OS/c1-4-10-11(5-2)17-18-14(12(10)13(15)20)16-8-6-9(7-8)19-3/h8-9H,4-7H2,1-3H3,(H2,15,20)(H,16,18). The van der Waals surface area contributed by atoms with E-state index in [0.29, 0.717) is 23.0 Å². The van der Waals surface area contributed by atoms with Gasteiger partial charge in [-0.3, -0.25) is 0 Å². The summed E-state index contributed by atoms with van der Waals surface area (Å²) in [5.74, 6) is 0.714. The van der Waals surface area contributed by atoms with Gasteiger partial charge in [0.15, 0.2) is 5.82 Å². The zero-order chi connectivity index (χ0) is 14.7. The van der Waals surface area contributed by atoms with Crippen molar-refractivity contribution in [1.29, 1.82) is 0 Å². The fourth-order valence-corrected chi connectivity index (χ4v) is 2.83. The molecular weight excluding hydrogens is 272 g/mol. The second-order valence-corrected chi connectivity index (χ2v) is 5.53. The van der Waals surface area contributed by atoms with Crippen LogP contribution in [0.3, 0.4) is 0 Å². The van der Waals surface area contributed by atoms with Gasteiger partial charge in [-0.2, -0.15) is 5.10 Å². The minimum absolute atomic E-state index is 0.342. The Morgan fingerprint density at radius 2 is 2.05 bits per heavy atom. The Balaban J connectivity index is 2.26. The Kier molecular flexibility index (Phi) is 4.88. The van der Waals surface area contributed by atoms with Crippen LogP contribution in [0, 0.1) is 0 Å². The van der Waals surface area contributed by atoms with Gasteiger partial charge in [0, 0.05) is 13.2 Å². The molecule has 2 rings (SSSR count). The number of aromatic nitrogens is 2. The van der Waals surface area contributed by atoms with Gasteiger partial charge in [-0.1, -0.05) is 26.1 Å². The molecular formula is C14H22N4OS. The average Bonchev–Trinajstić information content (AvgIpc) is 2.40. The zero-order valence-electron chi connectivity index (χ0n) is 12.3. The zero-order valence-corrected chi connectivity index (χ0v) is 13.1. The smallest absolute Gasteiger partial charge is 0.159 e. The molecule has 110 valence electrons. The molecule has 0 aromatic carbocycles. The van der Waals surface area contributed by atoms with Crippen LogP contribution >= 0.6 is 12.2 Å². The second-order valence-electron chi connectivity index (χ2n) is 5.09. The monoisotopic (exact) mass is 294 g/mol. The SMILES string of the molecule is CCc1nnc(NC2CC(OC)C2)c(C(N)=S)c1CC. The highest BCUT2D eigenvalue weighted by Crippen LogP contribution is 2.28. The van der Waals surface area contributed by atoms with Gasteiger partial charge in [-0.15, -0.1) is 5.10 Å². The molecule has 0 aliphatic heterocycles. The summed E-state index contributed by atoms with van der Waals surface area (Å²) in [6, 6.07) is 0.361. The molecule has 0 atom stereocenters. The summed E-state index contributed by atoms with van der Waals surface area (Å²) in [6.45, 7) is 4.15. The molecule has 0 saturated heterocycles. The van der Waals surface area contributed by atoms with Gasteiger partial charge in [0.25, 0.3) is 0 Å². The molecule has 3 N–H and O–H groups in total. The molecule has 20 heavy (non-hydrogen) atoms. The number of hydrogen-bond acceptors (Lipinski definition) is 5. The van der Waals surface area contributed by atoms with Crippen molar-refractivity contribution >= 4 is 23.0 Å². The van der Waals surface area contributed by atoms with Crippen molar-refractivity contribution in [3.63, 3.8) is 0 Å². The lowest BCUT2D eigenvalue weighted by Gasteiger charge is -2.35. The van der Waals surface area contributed by atoms with Gasteiger partial charge in [0.2, 0.25) is 0 Å². The van der Waals surface area contributed by atoms with Crippen molar-refractivity contribution in [2.45, 2.75) is 51.7 Å². The summed E-state index contributed by atoms with van der Waals surface area (Å²) in [6.07, 6.45) is 3.99. The van der Waals surface area contributed by atoms with Crippen molar-refractivity contribution in [3.05, 3.63) is 16.8 Å². The molecule has 0 spiro atoms. The number of nitrogens with zero attached hydrogens (tertiary/aromatic N) is 2. The summed E-state index contributed by atoms with van der Waals surface area (Å²) in [5.41, 5.74) is 8.85. The molecule has 5 nitrogen and oxygen atoms in total. The van der Waals surface area contributed by atoms with E-state index >= 15 is 0 Å². The Morgan fingerprint density at radius 3 is 2.55 bits per heavy atom. The summed E-state index contributed by atoms with van der Waals surface area (Å²) in [4.78, 5) is 0.386. The maximum Gasteiger partial charge on any atom is 0.159 e. The number of nitrogens with one attached hydrogen (secondary N) is 1. The van der Waals surface area contributed by atoms with Crippen molar-refractivity contribution in [2.75, 3.05) is 12.4 Å². The molecule has 0 radical (unpaired) electrons. The largest absolute Gasteiger partial charge is 0.389 e. The van der Waals surface area contributed by atoms with Crippen LogP contribution in [-0.4, -0.2) is 34.4 Å². The van der Waals surface area contributed by atoms with Crippen molar-refractivity contribution < 1.29 is 4.74 Å². The lowest BCUT2D eigenvalue weighted by atomic mass is 9.89. The van der Waals surface area contributed by atoms with Crippen molar-refractivity contribution in [3.8, 4) is 0 Å². The first-order valence-electron chi connectivity index (χ1n) is 7.08. The van der Waals surface area contributed by atoms with Gasteiger partial charge in [0.1, 0.15) is 4.99 Å². The van der Waals surface area contributed by atoms with Gasteiger partial charge >= 0.3 is 0 Å². The van der Waals surface area contributed by atoms with E-state index in [9.17, 15) is 0 Å². The summed E-state index contributed by atoms with van der Waals surface area (Å²) < 4.78 is 5.29. The molecule has 6 heteroatoms. The maximum atomic E-state index is 5.90. The number of ether oxygens (including phenoxy) is 1. The third-order valence-corrected chi connectivity index (χ3v) is 4.07. The Hall–Kier alpha value is -1.27. The molecule has 1 aromatic rings. The number of thiocarbonyl (C=S) groups is 1. The lowest BCUT2D eigenvalue weighted by molar-refractivity contribution is 0.0327. The van der Waals surface area contributed by atoms with E-state index in [4.69, 9.17) is 22.7 Å². The number of nitrogens with two attached hydrogens (primary N) is 1. The first-order valence-corrected chi connectivity index (χ1v) is 7.49. The Bertz CT molecular complexity index is 500. The minimum atomic E-state index is 0.342. The van der Waals surface area contributed by atoms with Crippen molar-refractivity contribution in [1.82, 2.24) is 10.2 Å². The molecule has 0 bridgehead atoms. The number of aryl methyl sites for hydroxylation is 1. The fraction of sp³-hybridized carbons (Fsp3) is 0.643. The summed E-state index contributed by atoms with van der Waals surface area (Å²) in [5, 5.41) is 12.0. The van der Waals surface area contributed by atoms with Crippen LogP contribution in [0.2, 0.25) is 0 Å². The third kappa shape index (κ3) is 2.91. The summed E-state index contributed by atoms with van der Waals surface area (Å²) >= 11 is 5.21. The first-order chi connectivity index (χ1) is 9.60. The molecule has 0 amide bonds. The number of rotatable bonds is 6. The predicted molar refractivity (Wildman–Crippen MR) is 84.1 cm³/mol. The molecule has 1 fully saturated rings. The molecule has 1 aliphatic rings. The molecule has 1 aliphatic carbocycles. The molecule has 0 unspecified atom stereocenters. The van der Waals surface area contributed by atoms with Gasteiger partial charge in [0.05, 0.1) is 17.4 Å². The summed E-state index contributed by atoms with van der Waals surface area (Å²) in [7, 11) is 1.74. The second kappa shape index (κ2) is 6.45. The maximum absolute atomic E-state index is 5.90. The average molecular weight is 294 g/mol. The quantitative estimate of drug-likeness (QED) is 0.780. The highest BCUT2D eigenvalue weighted by molar-refractivity contribution is 7.80. The van der Waals surface area contributed by atoms with Gasteiger partial charge < -0.3 is 15.8 Å². The molecule has 1 heterocycles. The van der Waals surface area contributed by atoms with Crippen LogP contribution in [0.15, 0.2) is 0 Å². The first kappa shape index (κ1) is 15.1. The number of hydrogen-bond donors (Lipinski definition) is 2. The highest BCUT2D eigenvalue weighted by Gasteiger charge is 2.30. The van der Waals surface area contributed by atoms with E-state index < -0.39 is 0 Å². The van der Waals surface area contributed by atoms with E-state index in [-0.39, 0.29) is 0 Å². The van der Waals surface area contributed by atoms with Crippen LogP contribution in [0.4, 0.5) is 5.82 Å². The van der Waals surface area contributed by atoms with E-state index in [2.05, 4.69) is 29.4 Å². The van der Waals surface area contributed by atoms with Crippen LogP contribution in [0.5, 0.6) is 0 Å². The van der Waals surface area contributed by atoms with E-state index in [1.54, 1.807) is 7.11 Å². The van der Waals surface area contributed by atoms with Crippen molar-refractivity contribution in [2.24, 2.45) is 5.73 Å². The predicted octanol–water partition coefficient (Wildman–Crippen LogP) is 1.82. The Morgan fingerprint density at radius 1 is 1.35 bits per heavy atom. The van der Waals surface area contributed by atoms with Crippen LogP contribution in [0.25, 0.3) is 0 Å². The van der Waals surface area contributed by atoms with E-state index in [1.807, 2.05) is 0 Å². The number of methoxy groups -OCH3 is 1. The van der Waals surface area contributed by atoms with Gasteiger partial charge in [-0.05, 0) is 31.2 Å². The molecule has 1 aromatic heterocycles. The van der Waals surface area contributed by atoms with Gasteiger partial charge in [-0.25, -0.2) is 0 Å². The lowest BCUT2D eigenvalue weighted by Crippen LogP contribution is -2.41. The van der Waals surface area contributed by atoms with Crippen LogP contribution < -0.4 is 11.1 Å². The normalized spacial score (nSPS) is 21.4. The molecule has 1 saturated carbocycles. The fourth-order valence-electron chi connectivity index (χ4n) is 2.61.